The van der Waals surface area contributed by atoms with Crippen molar-refractivity contribution in [3.8, 4) is 0 Å². The first-order valence-corrected chi connectivity index (χ1v) is 12.9. The van der Waals surface area contributed by atoms with Gasteiger partial charge in [-0.05, 0) is 92.3 Å². The van der Waals surface area contributed by atoms with Crippen molar-refractivity contribution < 1.29 is 23.9 Å². The Morgan fingerprint density at radius 2 is 1.84 bits per heavy atom. The van der Waals surface area contributed by atoms with Crippen LogP contribution in [0.2, 0.25) is 0 Å². The van der Waals surface area contributed by atoms with Crippen LogP contribution >= 0.6 is 0 Å². The number of hydrogen-bond acceptors (Lipinski definition) is 5. The lowest BCUT2D eigenvalue weighted by Gasteiger charge is -2.60. The molecule has 4 fully saturated rings. The van der Waals surface area contributed by atoms with Crippen LogP contribution in [0, 0.1) is 46.3 Å². The zero-order valence-electron chi connectivity index (χ0n) is 20.7. The number of esters is 2. The van der Waals surface area contributed by atoms with Crippen LogP contribution in [0.1, 0.15) is 91.9 Å². The van der Waals surface area contributed by atoms with Crippen LogP contribution in [0.25, 0.3) is 0 Å². The highest BCUT2D eigenvalue weighted by Gasteiger charge is 2.64. The molecule has 0 heterocycles. The van der Waals surface area contributed by atoms with Crippen LogP contribution in [0.15, 0.2) is 0 Å². The predicted octanol–water partition coefficient (Wildman–Crippen LogP) is 5.35. The normalized spacial score (nSPS) is 44.1. The van der Waals surface area contributed by atoms with Gasteiger partial charge in [0.1, 0.15) is 11.9 Å². The van der Waals surface area contributed by atoms with Gasteiger partial charge in [-0.25, -0.2) is 0 Å². The lowest BCUT2D eigenvalue weighted by molar-refractivity contribution is -0.167. The van der Waals surface area contributed by atoms with Crippen LogP contribution in [0.4, 0.5) is 0 Å². The lowest BCUT2D eigenvalue weighted by atomic mass is 9.44. The van der Waals surface area contributed by atoms with E-state index >= 15 is 0 Å². The van der Waals surface area contributed by atoms with Crippen molar-refractivity contribution in [1.29, 1.82) is 0 Å². The fourth-order valence-electron chi connectivity index (χ4n) is 8.86. The van der Waals surface area contributed by atoms with E-state index in [2.05, 4.69) is 20.8 Å². The van der Waals surface area contributed by atoms with Crippen molar-refractivity contribution in [1.82, 2.24) is 0 Å². The first-order valence-electron chi connectivity index (χ1n) is 12.9. The Morgan fingerprint density at radius 1 is 1.09 bits per heavy atom. The number of carbonyl (C=O) groups excluding carboxylic acids is 3. The van der Waals surface area contributed by atoms with Crippen LogP contribution in [-0.2, 0) is 23.9 Å². The molecule has 4 saturated carbocycles. The summed E-state index contributed by atoms with van der Waals surface area (Å²) in [5.74, 6) is 3.00. The first kappa shape index (κ1) is 23.8. The van der Waals surface area contributed by atoms with Crippen molar-refractivity contribution in [3.05, 3.63) is 0 Å². The lowest BCUT2D eigenvalue weighted by Crippen LogP contribution is -2.57. The molecule has 0 N–H and O–H groups in total. The number of Topliss-reactive ketones (excluding diaryl/α,β-unsaturated/α-hetero) is 1. The zero-order chi connectivity index (χ0) is 23.3. The molecule has 0 aromatic rings. The van der Waals surface area contributed by atoms with Gasteiger partial charge in [0.2, 0.25) is 0 Å². The number of ketones is 1. The van der Waals surface area contributed by atoms with E-state index in [1.807, 2.05) is 0 Å². The zero-order valence-corrected chi connectivity index (χ0v) is 20.7. The molecule has 0 aromatic carbocycles. The number of rotatable bonds is 5. The van der Waals surface area contributed by atoms with Crippen LogP contribution in [0.5, 0.6) is 0 Å². The number of hydrogen-bond donors (Lipinski definition) is 0. The summed E-state index contributed by atoms with van der Waals surface area (Å²) < 4.78 is 10.4. The molecule has 9 atom stereocenters. The molecule has 0 aliphatic heterocycles. The first-order chi connectivity index (χ1) is 15.1. The second-order valence-electron chi connectivity index (χ2n) is 11.8. The minimum Gasteiger partial charge on any atom is -0.469 e. The average Bonchev–Trinajstić information content (AvgIpc) is 3.11. The molecule has 5 heteroatoms. The molecule has 0 saturated heterocycles. The minimum atomic E-state index is -0.241. The summed E-state index contributed by atoms with van der Waals surface area (Å²) in [6.45, 7) is 8.43. The smallest absolute Gasteiger partial charge is 0.305 e. The molecule has 180 valence electrons. The second-order valence-corrected chi connectivity index (χ2v) is 11.8. The molecule has 0 aromatic heterocycles. The number of carbonyl (C=O) groups is 3. The Labute approximate surface area is 193 Å². The largest absolute Gasteiger partial charge is 0.469 e. The summed E-state index contributed by atoms with van der Waals surface area (Å²) >= 11 is 0. The molecule has 0 radical (unpaired) electrons. The Morgan fingerprint density at radius 3 is 2.53 bits per heavy atom. The van der Waals surface area contributed by atoms with E-state index in [4.69, 9.17) is 9.47 Å². The molecule has 5 nitrogen and oxygen atoms in total. The third-order valence-electron chi connectivity index (χ3n) is 10.6. The van der Waals surface area contributed by atoms with Crippen molar-refractivity contribution in [3.63, 3.8) is 0 Å². The van der Waals surface area contributed by atoms with Gasteiger partial charge in [-0.1, -0.05) is 20.8 Å². The van der Waals surface area contributed by atoms with Gasteiger partial charge in [0, 0.05) is 25.2 Å². The van der Waals surface area contributed by atoms with E-state index in [-0.39, 0.29) is 28.9 Å². The molecule has 4 rings (SSSR count). The quantitative estimate of drug-likeness (QED) is 0.533. The summed E-state index contributed by atoms with van der Waals surface area (Å²) in [5, 5.41) is 0. The Bertz CT molecular complexity index is 761. The van der Waals surface area contributed by atoms with Gasteiger partial charge in [0.05, 0.1) is 7.11 Å². The van der Waals surface area contributed by atoms with Crippen molar-refractivity contribution in [2.75, 3.05) is 7.11 Å². The van der Waals surface area contributed by atoms with Gasteiger partial charge in [-0.15, -0.1) is 0 Å². The van der Waals surface area contributed by atoms with Crippen molar-refractivity contribution in [2.45, 2.75) is 98.0 Å². The van der Waals surface area contributed by atoms with E-state index in [1.54, 1.807) is 0 Å². The van der Waals surface area contributed by atoms with Gasteiger partial charge in [0.25, 0.3) is 0 Å². The SMILES string of the molecule is COC(=O)CC[C@@H](C)C1CCC2C3CCC4C[C@H](OC(C)=O)CC[C@]4(C)C3CC(=O)[C@@]21C. The standard InChI is InChI=1S/C27H42O5/c1-16(6-11-25(30)31-5)21-9-10-22-20-8-7-18-14-19(32-17(2)28)12-13-26(18,3)23(20)15-24(29)27(21,22)4/h16,18-23H,6-15H2,1-5H3/t16-,18?,19-,20?,21?,22?,23?,26+,27-/m1/s1. The summed E-state index contributed by atoms with van der Waals surface area (Å²) in [4.78, 5) is 37.0. The summed E-state index contributed by atoms with van der Waals surface area (Å²) in [6.07, 6.45) is 9.61. The molecule has 0 bridgehead atoms. The fourth-order valence-corrected chi connectivity index (χ4v) is 8.86. The minimum absolute atomic E-state index is 0.0539. The molecule has 4 aliphatic carbocycles. The van der Waals surface area contributed by atoms with E-state index in [9.17, 15) is 14.4 Å². The fraction of sp³-hybridized carbons (Fsp3) is 0.889. The number of fused-ring (bicyclic) bond motifs is 5. The Kier molecular flexibility index (Phi) is 6.50. The molecule has 4 aliphatic rings. The maximum absolute atomic E-state index is 13.8. The van der Waals surface area contributed by atoms with Crippen molar-refractivity contribution in [2.24, 2.45) is 46.3 Å². The molecule has 0 spiro atoms. The molecular weight excluding hydrogens is 404 g/mol. The van der Waals surface area contributed by atoms with E-state index < -0.39 is 0 Å². The van der Waals surface area contributed by atoms with Gasteiger partial charge in [-0.3, -0.25) is 14.4 Å². The Hall–Kier alpha value is -1.39. The van der Waals surface area contributed by atoms with Gasteiger partial charge >= 0.3 is 11.9 Å². The summed E-state index contributed by atoms with van der Waals surface area (Å²) in [5.41, 5.74) is -0.0556. The third kappa shape index (κ3) is 3.81. The van der Waals surface area contributed by atoms with Gasteiger partial charge in [0.15, 0.2) is 0 Å². The second kappa shape index (κ2) is 8.76. The van der Waals surface area contributed by atoms with Crippen LogP contribution in [-0.4, -0.2) is 30.9 Å². The van der Waals surface area contributed by atoms with Crippen LogP contribution < -0.4 is 0 Å². The topological polar surface area (TPSA) is 69.7 Å². The van der Waals surface area contributed by atoms with E-state index in [1.165, 1.54) is 26.9 Å². The molecular formula is C27H42O5. The highest BCUT2D eigenvalue weighted by molar-refractivity contribution is 5.87. The average molecular weight is 447 g/mol. The number of methoxy groups -OCH3 is 1. The molecule has 32 heavy (non-hydrogen) atoms. The summed E-state index contributed by atoms with van der Waals surface area (Å²) in [7, 11) is 1.45. The van der Waals surface area contributed by atoms with Crippen LogP contribution in [0.3, 0.4) is 0 Å². The maximum atomic E-state index is 13.8. The monoisotopic (exact) mass is 446 g/mol. The van der Waals surface area contributed by atoms with Gasteiger partial charge in [-0.2, -0.15) is 0 Å². The number of ether oxygens (including phenoxy) is 2. The van der Waals surface area contributed by atoms with Gasteiger partial charge < -0.3 is 9.47 Å². The maximum Gasteiger partial charge on any atom is 0.305 e. The van der Waals surface area contributed by atoms with E-state index in [0.717, 1.165) is 38.5 Å². The van der Waals surface area contributed by atoms with Crippen molar-refractivity contribution >= 4 is 17.7 Å². The van der Waals surface area contributed by atoms with E-state index in [0.29, 0.717) is 54.1 Å². The molecule has 0 amide bonds. The highest BCUT2D eigenvalue weighted by Crippen LogP contribution is 2.67. The third-order valence-corrected chi connectivity index (χ3v) is 10.6. The Balaban J connectivity index is 1.50. The predicted molar refractivity (Wildman–Crippen MR) is 122 cm³/mol. The highest BCUT2D eigenvalue weighted by atomic mass is 16.5. The summed E-state index contributed by atoms with van der Waals surface area (Å²) in [6, 6.07) is 0. The molecule has 5 unspecified atom stereocenters.